The summed E-state index contributed by atoms with van der Waals surface area (Å²) in [6.07, 6.45) is 6.61. The first-order chi connectivity index (χ1) is 10.7. The summed E-state index contributed by atoms with van der Waals surface area (Å²) in [7, 11) is 0. The lowest BCUT2D eigenvalue weighted by Gasteiger charge is -2.11. The molecule has 0 fully saturated rings. The summed E-state index contributed by atoms with van der Waals surface area (Å²) in [5.41, 5.74) is 6.23. The molecule has 2 rings (SSSR count). The summed E-state index contributed by atoms with van der Waals surface area (Å²) >= 11 is 0. The zero-order valence-corrected chi connectivity index (χ0v) is 13.5. The van der Waals surface area contributed by atoms with Gasteiger partial charge in [0.15, 0.2) is 0 Å². The molecule has 0 saturated heterocycles. The number of pyridine rings is 1. The lowest BCUT2D eigenvalue weighted by atomic mass is 10.0. The number of rotatable bonds is 5. The van der Waals surface area contributed by atoms with Crippen molar-refractivity contribution in [3.63, 3.8) is 0 Å². The van der Waals surface area contributed by atoms with Crippen LogP contribution < -0.4 is 0 Å². The molecule has 0 spiro atoms. The zero-order chi connectivity index (χ0) is 15.9. The predicted octanol–water partition coefficient (Wildman–Crippen LogP) is 5.51. The quantitative estimate of drug-likeness (QED) is 0.526. The van der Waals surface area contributed by atoms with Crippen LogP contribution in [0.5, 0.6) is 0 Å². The van der Waals surface area contributed by atoms with Crippen LogP contribution in [0, 0.1) is 6.92 Å². The smallest absolute Gasteiger partial charge is 0.0923 e. The van der Waals surface area contributed by atoms with E-state index in [-0.39, 0.29) is 0 Å². The van der Waals surface area contributed by atoms with Crippen molar-refractivity contribution in [3.05, 3.63) is 78.1 Å². The van der Waals surface area contributed by atoms with Crippen molar-refractivity contribution in [1.29, 1.82) is 0 Å². The highest BCUT2D eigenvalue weighted by Gasteiger charge is 2.10. The summed E-state index contributed by atoms with van der Waals surface area (Å²) in [6.45, 7) is 10.0. The maximum Gasteiger partial charge on any atom is 0.0923 e. The molecule has 0 aliphatic heterocycles. The summed E-state index contributed by atoms with van der Waals surface area (Å²) in [5.74, 6) is 0. The van der Waals surface area contributed by atoms with Gasteiger partial charge in [-0.15, -0.1) is 0 Å². The van der Waals surface area contributed by atoms with Crippen LogP contribution in [-0.2, 0) is 0 Å². The van der Waals surface area contributed by atoms with E-state index >= 15 is 0 Å². The average molecular weight is 290 g/mol. The molecule has 0 bridgehead atoms. The van der Waals surface area contributed by atoms with Gasteiger partial charge in [-0.25, -0.2) is 0 Å². The number of hydrogen-bond donors (Lipinski definition) is 0. The molecule has 2 heteroatoms. The number of hydrogen-bond acceptors (Lipinski definition) is 2. The van der Waals surface area contributed by atoms with Gasteiger partial charge in [0.1, 0.15) is 0 Å². The minimum atomic E-state index is 0.872. The van der Waals surface area contributed by atoms with E-state index in [1.165, 1.54) is 0 Å². The fourth-order valence-electron chi connectivity index (χ4n) is 2.43. The Labute approximate surface area is 133 Å². The summed E-state index contributed by atoms with van der Waals surface area (Å²) in [6, 6.07) is 12.3. The number of aryl methyl sites for hydroxylation is 1. The van der Waals surface area contributed by atoms with E-state index in [4.69, 9.17) is 4.99 Å². The number of aliphatic imine (C=N–C) groups is 1. The first-order valence-corrected chi connectivity index (χ1v) is 7.59. The second-order valence-electron chi connectivity index (χ2n) is 5.02. The molecule has 0 saturated carbocycles. The third-order valence-corrected chi connectivity index (χ3v) is 3.64. The number of allylic oxidation sites excluding steroid dienone is 3. The van der Waals surface area contributed by atoms with Crippen molar-refractivity contribution in [2.45, 2.75) is 27.2 Å². The fourth-order valence-corrected chi connectivity index (χ4v) is 2.43. The Hall–Kier alpha value is -2.48. The van der Waals surface area contributed by atoms with Gasteiger partial charge in [0.25, 0.3) is 0 Å². The minimum absolute atomic E-state index is 0.872. The molecule has 0 N–H and O–H groups in total. The Bertz CT molecular complexity index is 710. The molecule has 1 aromatic heterocycles. The molecule has 2 aromatic rings. The van der Waals surface area contributed by atoms with Gasteiger partial charge < -0.3 is 0 Å². The van der Waals surface area contributed by atoms with Crippen LogP contribution in [-0.4, -0.2) is 10.7 Å². The van der Waals surface area contributed by atoms with Crippen molar-refractivity contribution in [1.82, 2.24) is 4.98 Å². The number of aromatic nitrogens is 1. The van der Waals surface area contributed by atoms with Gasteiger partial charge in [0.2, 0.25) is 0 Å². The summed E-state index contributed by atoms with van der Waals surface area (Å²) in [5, 5.41) is 0. The Morgan fingerprint density at radius 3 is 2.55 bits per heavy atom. The molecule has 1 heterocycles. The average Bonchev–Trinajstić information content (AvgIpc) is 2.56. The number of benzene rings is 1. The standard InChI is InChI=1S/C20H22N2/c1-5-16(6-2)18-13-14-21-15(4)20(18)22-19(7-3)17-11-9-8-10-12-17/h5-6,8-14H,1,7H2,2-4H3/b16-6+,22-19+. The highest BCUT2D eigenvalue weighted by atomic mass is 14.8. The molecule has 0 amide bonds. The van der Waals surface area contributed by atoms with Crippen molar-refractivity contribution < 1.29 is 0 Å². The Balaban J connectivity index is 2.61. The second-order valence-corrected chi connectivity index (χ2v) is 5.02. The fraction of sp³-hybridized carbons (Fsp3) is 0.200. The first-order valence-electron chi connectivity index (χ1n) is 7.59. The normalized spacial score (nSPS) is 12.3. The Morgan fingerprint density at radius 2 is 1.95 bits per heavy atom. The van der Waals surface area contributed by atoms with Gasteiger partial charge in [0, 0.05) is 17.5 Å². The van der Waals surface area contributed by atoms with Crippen molar-refractivity contribution in [2.75, 3.05) is 0 Å². The van der Waals surface area contributed by atoms with E-state index in [1.807, 2.05) is 50.4 Å². The van der Waals surface area contributed by atoms with Gasteiger partial charge in [-0.1, -0.05) is 56.0 Å². The first kappa shape index (κ1) is 15.9. The third kappa shape index (κ3) is 3.40. The van der Waals surface area contributed by atoms with E-state index in [9.17, 15) is 0 Å². The summed E-state index contributed by atoms with van der Waals surface area (Å²) in [4.78, 5) is 9.33. The lowest BCUT2D eigenvalue weighted by Crippen LogP contribution is -1.99. The number of nitrogens with zero attached hydrogens (tertiary/aromatic N) is 2. The maximum atomic E-state index is 4.93. The molecule has 1 aromatic carbocycles. The molecular formula is C20H22N2. The third-order valence-electron chi connectivity index (χ3n) is 3.64. The molecule has 0 radical (unpaired) electrons. The molecular weight excluding hydrogens is 268 g/mol. The highest BCUT2D eigenvalue weighted by Crippen LogP contribution is 2.30. The Morgan fingerprint density at radius 1 is 1.23 bits per heavy atom. The van der Waals surface area contributed by atoms with Crippen LogP contribution >= 0.6 is 0 Å². The van der Waals surface area contributed by atoms with E-state index in [1.54, 1.807) is 0 Å². The van der Waals surface area contributed by atoms with Crippen LogP contribution in [0.3, 0.4) is 0 Å². The van der Waals surface area contributed by atoms with E-state index in [2.05, 4.69) is 36.7 Å². The van der Waals surface area contributed by atoms with Crippen molar-refractivity contribution in [2.24, 2.45) is 4.99 Å². The minimum Gasteiger partial charge on any atom is -0.259 e. The van der Waals surface area contributed by atoms with Crippen molar-refractivity contribution in [3.8, 4) is 0 Å². The predicted molar refractivity (Wildman–Crippen MR) is 95.8 cm³/mol. The van der Waals surface area contributed by atoms with Crippen molar-refractivity contribution >= 4 is 17.0 Å². The lowest BCUT2D eigenvalue weighted by molar-refractivity contribution is 1.17. The second kappa shape index (κ2) is 7.51. The highest BCUT2D eigenvalue weighted by molar-refractivity contribution is 6.02. The molecule has 22 heavy (non-hydrogen) atoms. The topological polar surface area (TPSA) is 25.2 Å². The van der Waals surface area contributed by atoms with Gasteiger partial charge in [-0.05, 0) is 37.5 Å². The van der Waals surface area contributed by atoms with Crippen LogP contribution in [0.1, 0.15) is 37.1 Å². The van der Waals surface area contributed by atoms with Crippen LogP contribution in [0.25, 0.3) is 5.57 Å². The van der Waals surface area contributed by atoms with E-state index < -0.39 is 0 Å². The zero-order valence-electron chi connectivity index (χ0n) is 13.5. The van der Waals surface area contributed by atoms with Crippen LogP contribution in [0.15, 0.2) is 66.3 Å². The maximum absolute atomic E-state index is 4.93. The van der Waals surface area contributed by atoms with E-state index in [0.29, 0.717) is 0 Å². The molecule has 0 aliphatic rings. The largest absolute Gasteiger partial charge is 0.259 e. The Kier molecular flexibility index (Phi) is 5.42. The SMILES string of the molecule is C=C/C(=C\C)c1ccnc(C)c1/N=C(\CC)c1ccccc1. The molecule has 0 atom stereocenters. The molecule has 0 unspecified atom stereocenters. The molecule has 2 nitrogen and oxygen atoms in total. The van der Waals surface area contributed by atoms with Gasteiger partial charge >= 0.3 is 0 Å². The van der Waals surface area contributed by atoms with Crippen LogP contribution in [0.2, 0.25) is 0 Å². The van der Waals surface area contributed by atoms with Gasteiger partial charge in [-0.3, -0.25) is 9.98 Å². The monoisotopic (exact) mass is 290 g/mol. The summed E-state index contributed by atoms with van der Waals surface area (Å²) < 4.78 is 0. The van der Waals surface area contributed by atoms with Crippen LogP contribution in [0.4, 0.5) is 5.69 Å². The molecule has 0 aliphatic carbocycles. The molecule has 112 valence electrons. The van der Waals surface area contributed by atoms with E-state index in [0.717, 1.165) is 40.2 Å². The van der Waals surface area contributed by atoms with Gasteiger partial charge in [-0.2, -0.15) is 0 Å². The van der Waals surface area contributed by atoms with Gasteiger partial charge in [0.05, 0.1) is 11.4 Å².